The quantitative estimate of drug-likeness (QED) is 0.0791. The smallest absolute Gasteiger partial charge is 0.325 e. The molecule has 1 aliphatic rings. The molecule has 1 fully saturated rings. The Labute approximate surface area is 319 Å². The highest BCUT2D eigenvalue weighted by Crippen LogP contribution is 2.56. The number of imide groups is 1. The van der Waals surface area contributed by atoms with Gasteiger partial charge in [0.2, 0.25) is 23.6 Å². The molecule has 3 atom stereocenters. The van der Waals surface area contributed by atoms with Crippen molar-refractivity contribution >= 4 is 70.5 Å². The molecule has 12 nitrogen and oxygen atoms in total. The third-order valence-electron chi connectivity index (χ3n) is 8.25. The Morgan fingerprint density at radius 1 is 0.865 bits per heavy atom. The fourth-order valence-corrected chi connectivity index (χ4v) is 11.0. The van der Waals surface area contributed by atoms with Gasteiger partial charge >= 0.3 is 11.9 Å². The van der Waals surface area contributed by atoms with Crippen molar-refractivity contribution in [2.45, 2.75) is 50.4 Å². The van der Waals surface area contributed by atoms with Crippen molar-refractivity contribution in [3.63, 3.8) is 0 Å². The molecule has 0 radical (unpaired) electrons. The van der Waals surface area contributed by atoms with Gasteiger partial charge in [-0.25, -0.2) is 4.90 Å². The number of carbonyl (C=O) groups excluding carboxylic acids is 6. The maximum absolute atomic E-state index is 14.1. The molecule has 1 heterocycles. The second-order valence-electron chi connectivity index (χ2n) is 11.7. The number of esters is 2. The van der Waals surface area contributed by atoms with Gasteiger partial charge in [0.05, 0.1) is 18.5 Å². The average molecular weight is 816 g/mol. The van der Waals surface area contributed by atoms with E-state index in [0.717, 1.165) is 27.7 Å². The van der Waals surface area contributed by atoms with Crippen molar-refractivity contribution in [1.82, 2.24) is 15.5 Å². The lowest BCUT2D eigenvalue weighted by Crippen LogP contribution is -3.00. The summed E-state index contributed by atoms with van der Waals surface area (Å²) in [5.74, 6) is -3.31. The summed E-state index contributed by atoms with van der Waals surface area (Å²) in [6.45, 7) is 3.13. The molecule has 0 bridgehead atoms. The van der Waals surface area contributed by atoms with Crippen LogP contribution in [0.25, 0.3) is 0 Å². The molecule has 52 heavy (non-hydrogen) atoms. The van der Waals surface area contributed by atoms with Crippen LogP contribution in [0.1, 0.15) is 33.1 Å². The zero-order valence-electron chi connectivity index (χ0n) is 29.1. The van der Waals surface area contributed by atoms with Gasteiger partial charge in [-0.3, -0.25) is 28.8 Å². The van der Waals surface area contributed by atoms with Crippen LogP contribution in [-0.4, -0.2) is 89.6 Å². The molecule has 3 unspecified atom stereocenters. The lowest BCUT2D eigenvalue weighted by atomic mass is 10.1. The van der Waals surface area contributed by atoms with Crippen molar-refractivity contribution in [3.05, 3.63) is 91.0 Å². The fourth-order valence-electron chi connectivity index (χ4n) is 5.69. The van der Waals surface area contributed by atoms with Gasteiger partial charge < -0.3 is 42.8 Å². The zero-order valence-corrected chi connectivity index (χ0v) is 32.4. The molecule has 0 spiro atoms. The second-order valence-corrected chi connectivity index (χ2v) is 16.4. The summed E-state index contributed by atoms with van der Waals surface area (Å²) in [6, 6.07) is 27.5. The fraction of sp³-hybridized carbons (Fsp3) is 0.351. The summed E-state index contributed by atoms with van der Waals surface area (Å²) >= 11 is 1.08. The van der Waals surface area contributed by atoms with Gasteiger partial charge in [0, 0.05) is 18.6 Å². The Balaban J connectivity index is 0.00000729. The third-order valence-corrected chi connectivity index (χ3v) is 13.8. The number of carbonyl (C=O) groups is 6. The number of ether oxygens (including phenoxy) is 2. The second kappa shape index (κ2) is 20.8. The van der Waals surface area contributed by atoms with Crippen LogP contribution in [0.3, 0.4) is 0 Å². The van der Waals surface area contributed by atoms with Crippen LogP contribution < -0.4 is 49.3 Å². The van der Waals surface area contributed by atoms with E-state index in [-0.39, 0.29) is 73.3 Å². The maximum Gasteiger partial charge on any atom is 0.325 e. The van der Waals surface area contributed by atoms with Crippen LogP contribution in [0.2, 0.25) is 0 Å². The maximum atomic E-state index is 14.1. The summed E-state index contributed by atoms with van der Waals surface area (Å²) in [7, 11) is -2.56. The molecule has 1 saturated heterocycles. The molecule has 4 amide bonds. The number of halogens is 1. The summed E-state index contributed by atoms with van der Waals surface area (Å²) in [4.78, 5) is 79.0. The predicted octanol–water partition coefficient (Wildman–Crippen LogP) is -1.36. The number of rotatable bonds is 18. The molecule has 4 rings (SSSR count). The van der Waals surface area contributed by atoms with E-state index >= 15 is 0 Å². The minimum atomic E-state index is -2.56. The van der Waals surface area contributed by atoms with Crippen LogP contribution in [0.4, 0.5) is 0 Å². The first-order valence-electron chi connectivity index (χ1n) is 16.8. The Bertz CT molecular complexity index is 1580. The molecule has 0 aromatic heterocycles. The molecule has 0 aliphatic carbocycles. The molecular formula is C37H44BrN4O8PS. The largest absolute Gasteiger partial charge is 1.00 e. The Kier molecular flexibility index (Phi) is 16.9. The van der Waals surface area contributed by atoms with E-state index in [0.29, 0.717) is 0 Å². The van der Waals surface area contributed by atoms with Gasteiger partial charge in [-0.1, -0.05) is 54.6 Å². The van der Waals surface area contributed by atoms with Gasteiger partial charge in [0.1, 0.15) is 41.8 Å². The average Bonchev–Trinajstić information content (AvgIpc) is 3.41. The first kappa shape index (κ1) is 42.3. The molecule has 3 aromatic rings. The lowest BCUT2D eigenvalue weighted by molar-refractivity contribution is -0.145. The van der Waals surface area contributed by atoms with Gasteiger partial charge in [-0.15, -0.1) is 11.8 Å². The van der Waals surface area contributed by atoms with E-state index in [1.165, 1.54) is 4.90 Å². The van der Waals surface area contributed by atoms with Crippen LogP contribution in [0.5, 0.6) is 0 Å². The third kappa shape index (κ3) is 11.0. The van der Waals surface area contributed by atoms with Crippen LogP contribution in [0.15, 0.2) is 91.0 Å². The number of benzene rings is 3. The number of amides is 4. The molecule has 15 heteroatoms. The zero-order chi connectivity index (χ0) is 36.8. The molecular weight excluding hydrogens is 771 g/mol. The SMILES string of the molecule is CCOC(=O)CNC(=O)C(CSC1CC(=O)N(C[P+](c2ccccc2)(c2ccccc2)c2ccccc2)C1=O)NC(=O)CCC(N)C(=O)OCC.[Br-]. The summed E-state index contributed by atoms with van der Waals surface area (Å²) in [5, 5.41) is 7.33. The minimum absolute atomic E-state index is 0. The Hall–Kier alpha value is -4.10. The highest BCUT2D eigenvalue weighted by molar-refractivity contribution is 8.00. The van der Waals surface area contributed by atoms with Crippen molar-refractivity contribution in [1.29, 1.82) is 0 Å². The van der Waals surface area contributed by atoms with E-state index in [1.54, 1.807) is 13.8 Å². The first-order chi connectivity index (χ1) is 24.6. The van der Waals surface area contributed by atoms with Crippen LogP contribution in [0, 0.1) is 0 Å². The van der Waals surface area contributed by atoms with E-state index in [1.807, 2.05) is 91.0 Å². The summed E-state index contributed by atoms with van der Waals surface area (Å²) in [6.07, 6.45) is -0.123. The van der Waals surface area contributed by atoms with Gasteiger partial charge in [-0.2, -0.15) is 0 Å². The Morgan fingerprint density at radius 2 is 1.38 bits per heavy atom. The number of hydrogen-bond acceptors (Lipinski definition) is 10. The van der Waals surface area contributed by atoms with Crippen molar-refractivity contribution < 1.29 is 55.2 Å². The molecule has 0 saturated carbocycles. The van der Waals surface area contributed by atoms with Gasteiger partial charge in [0.25, 0.3) is 0 Å². The molecule has 1 aliphatic heterocycles. The van der Waals surface area contributed by atoms with Gasteiger partial charge in [-0.05, 0) is 56.7 Å². The highest BCUT2D eigenvalue weighted by Gasteiger charge is 2.52. The predicted molar refractivity (Wildman–Crippen MR) is 198 cm³/mol. The van der Waals surface area contributed by atoms with Gasteiger partial charge in [0.15, 0.2) is 6.29 Å². The Morgan fingerprint density at radius 3 is 1.88 bits per heavy atom. The number of thioether (sulfide) groups is 1. The van der Waals surface area contributed by atoms with Crippen LogP contribution in [-0.2, 0) is 38.2 Å². The van der Waals surface area contributed by atoms with Crippen LogP contribution >= 0.6 is 19.0 Å². The summed E-state index contributed by atoms with van der Waals surface area (Å²) in [5.41, 5.74) is 5.83. The van der Waals surface area contributed by atoms with Crippen molar-refractivity contribution in [2.75, 3.05) is 31.8 Å². The highest BCUT2D eigenvalue weighted by atomic mass is 79.9. The normalized spacial score (nSPS) is 15.2. The molecule has 4 N–H and O–H groups in total. The van der Waals surface area contributed by atoms with E-state index in [4.69, 9.17) is 15.2 Å². The standard InChI is InChI=1S/C37H43N4O8PS.BrH/c1-3-48-34(44)23-39-35(45)30(40-32(42)21-20-29(38)37(47)49-4-2)24-51-31-22-33(43)41(36(31)46)25-50(26-14-8-5-9-15-26,27-16-10-6-11-17-27)28-18-12-7-13-19-28;/h5-19,29-31H,3-4,20-25,38H2,1-2H3,(H-,39,40,42,45);1H. The number of nitrogens with zero attached hydrogens (tertiary/aromatic N) is 1. The molecule has 3 aromatic carbocycles. The minimum Gasteiger partial charge on any atom is -1.00 e. The number of likely N-dealkylation sites (tertiary alicyclic amines) is 1. The van der Waals surface area contributed by atoms with E-state index in [9.17, 15) is 28.8 Å². The van der Waals surface area contributed by atoms with E-state index in [2.05, 4.69) is 10.6 Å². The monoisotopic (exact) mass is 814 g/mol. The number of hydrogen-bond donors (Lipinski definition) is 3. The topological polar surface area (TPSA) is 174 Å². The van der Waals surface area contributed by atoms with E-state index < -0.39 is 54.9 Å². The lowest BCUT2D eigenvalue weighted by Gasteiger charge is -2.30. The van der Waals surface area contributed by atoms with Crippen molar-refractivity contribution in [3.8, 4) is 0 Å². The number of nitrogens with one attached hydrogen (secondary N) is 2. The number of nitrogens with two attached hydrogens (primary N) is 1. The molecule has 278 valence electrons. The first-order valence-corrected chi connectivity index (χ1v) is 19.8. The summed E-state index contributed by atoms with van der Waals surface area (Å²) < 4.78 is 9.78. The van der Waals surface area contributed by atoms with Crippen molar-refractivity contribution in [2.24, 2.45) is 5.73 Å².